The van der Waals surface area contributed by atoms with Crippen LogP contribution >= 0.6 is 0 Å². The molecule has 16 heteroatoms. The summed E-state index contributed by atoms with van der Waals surface area (Å²) in [4.78, 5) is 6.59. The van der Waals surface area contributed by atoms with Crippen LogP contribution in [0.4, 0.5) is 45.5 Å². The number of aromatic nitrogens is 4. The summed E-state index contributed by atoms with van der Waals surface area (Å²) in [5.74, 6) is -0.174. The number of hydrogen-bond acceptors (Lipinski definition) is 6. The molecule has 1 aromatic heterocycles. The van der Waals surface area contributed by atoms with Crippen LogP contribution in [0.3, 0.4) is 0 Å². The first kappa shape index (κ1) is 34.5. The van der Waals surface area contributed by atoms with E-state index in [1.54, 1.807) is 0 Å². The Balaban J connectivity index is 1.78. The molecule has 3 aromatic rings. The molecular formula is C29H34F9N7. The molecule has 7 nitrogen and oxygen atoms in total. The molecule has 0 radical (unpaired) electrons. The number of tetrazole rings is 1. The molecule has 0 spiro atoms. The number of benzene rings is 2. The van der Waals surface area contributed by atoms with Crippen LogP contribution in [0.15, 0.2) is 36.4 Å². The number of nitrogens with zero attached hydrogens (tertiary/aromatic N) is 7. The first-order chi connectivity index (χ1) is 20.9. The minimum absolute atomic E-state index is 0.0185. The Hall–Kier alpha value is -3.40. The Bertz CT molecular complexity index is 1410. The molecular weight excluding hydrogens is 617 g/mol. The molecule has 0 saturated carbocycles. The molecule has 2 aromatic carbocycles. The van der Waals surface area contributed by atoms with Crippen molar-refractivity contribution in [2.75, 3.05) is 32.1 Å². The number of halogens is 9. The molecule has 248 valence electrons. The minimum atomic E-state index is -5.08. The number of piperidine rings is 1. The van der Waals surface area contributed by atoms with Gasteiger partial charge in [-0.05, 0) is 85.6 Å². The maximum absolute atomic E-state index is 13.9. The molecule has 0 N–H and O–H groups in total. The van der Waals surface area contributed by atoms with Gasteiger partial charge in [-0.2, -0.15) is 44.3 Å². The number of aryl methyl sites for hydroxylation is 1. The summed E-state index contributed by atoms with van der Waals surface area (Å²) in [5, 5.41) is 11.7. The fourth-order valence-corrected chi connectivity index (χ4v) is 5.77. The Morgan fingerprint density at radius 3 is 1.87 bits per heavy atom. The number of hydrogen-bond donors (Lipinski definition) is 0. The van der Waals surface area contributed by atoms with Crippen LogP contribution in [-0.4, -0.2) is 63.2 Å². The third-order valence-corrected chi connectivity index (χ3v) is 8.05. The molecule has 1 saturated heterocycles. The van der Waals surface area contributed by atoms with Gasteiger partial charge in [0.1, 0.15) is 0 Å². The lowest BCUT2D eigenvalue weighted by molar-refractivity contribution is -0.143. The average molecular weight is 652 g/mol. The van der Waals surface area contributed by atoms with Crippen molar-refractivity contribution < 1.29 is 39.5 Å². The maximum Gasteiger partial charge on any atom is 0.416 e. The highest BCUT2D eigenvalue weighted by Gasteiger charge is 2.38. The zero-order chi connectivity index (χ0) is 33.3. The Kier molecular flexibility index (Phi) is 10.1. The fourth-order valence-electron chi connectivity index (χ4n) is 5.77. The quantitative estimate of drug-likeness (QED) is 0.234. The summed E-state index contributed by atoms with van der Waals surface area (Å²) < 4.78 is 123. The molecule has 1 atom stereocenters. The first-order valence-electron chi connectivity index (χ1n) is 14.2. The topological polar surface area (TPSA) is 53.3 Å². The number of likely N-dealkylation sites (tertiary alicyclic amines) is 1. The van der Waals surface area contributed by atoms with E-state index < -0.39 is 41.8 Å². The standard InChI is InChI=1S/C29H34F9N7/c1-5-25(44-10-8-23(9-11-44)42(2)3)24-7-6-20(27(30,31)32)14-19(24)17-45(26-39-41-43(4)40-26)16-18-12-21(28(33,34)35)15-22(13-18)29(36,37)38/h6-7,12-15,23,25H,5,8-11,16-17H2,1-4H3. The molecule has 0 bridgehead atoms. The molecule has 1 fully saturated rings. The normalized spacial score (nSPS) is 16.4. The van der Waals surface area contributed by atoms with Gasteiger partial charge in [-0.1, -0.05) is 18.1 Å². The SMILES string of the molecule is CCC(c1ccc(C(F)(F)F)cc1CN(Cc1cc(C(F)(F)F)cc(C(F)(F)F)c1)c1nnn(C)n1)N1CCC(N(C)C)CC1. The number of alkyl halides is 9. The summed E-state index contributed by atoms with van der Waals surface area (Å²) in [5.41, 5.74) is -3.56. The lowest BCUT2D eigenvalue weighted by Gasteiger charge is -2.40. The van der Waals surface area contributed by atoms with E-state index in [1.165, 1.54) is 18.0 Å². The van der Waals surface area contributed by atoms with Crippen LogP contribution < -0.4 is 4.90 Å². The van der Waals surface area contributed by atoms with Gasteiger partial charge >= 0.3 is 18.5 Å². The van der Waals surface area contributed by atoms with Crippen LogP contribution in [0.25, 0.3) is 0 Å². The van der Waals surface area contributed by atoms with Gasteiger partial charge in [0.15, 0.2) is 0 Å². The third kappa shape index (κ3) is 8.45. The van der Waals surface area contributed by atoms with Crippen molar-refractivity contribution in [1.82, 2.24) is 30.0 Å². The second-order valence-corrected chi connectivity index (χ2v) is 11.4. The monoisotopic (exact) mass is 651 g/mol. The van der Waals surface area contributed by atoms with Crippen LogP contribution in [0.5, 0.6) is 0 Å². The maximum atomic E-state index is 13.9. The summed E-state index contributed by atoms with van der Waals surface area (Å²) >= 11 is 0. The summed E-state index contributed by atoms with van der Waals surface area (Å²) in [6.45, 7) is 2.39. The smallest absolute Gasteiger partial charge is 0.330 e. The lowest BCUT2D eigenvalue weighted by atomic mass is 9.92. The van der Waals surface area contributed by atoms with Gasteiger partial charge in [-0.25, -0.2) is 0 Å². The van der Waals surface area contributed by atoms with Crippen molar-refractivity contribution in [2.24, 2.45) is 7.05 Å². The first-order valence-corrected chi connectivity index (χ1v) is 14.2. The van der Waals surface area contributed by atoms with Crippen molar-refractivity contribution in [2.45, 2.75) is 69.9 Å². The number of rotatable bonds is 9. The largest absolute Gasteiger partial charge is 0.416 e. The molecule has 2 heterocycles. The Morgan fingerprint density at radius 1 is 0.822 bits per heavy atom. The van der Waals surface area contributed by atoms with Crippen LogP contribution in [0, 0.1) is 0 Å². The van der Waals surface area contributed by atoms with Gasteiger partial charge in [0.25, 0.3) is 5.95 Å². The van der Waals surface area contributed by atoms with E-state index in [-0.39, 0.29) is 35.7 Å². The zero-order valence-corrected chi connectivity index (χ0v) is 25.1. The molecule has 4 rings (SSSR count). The van der Waals surface area contributed by atoms with Crippen molar-refractivity contribution >= 4 is 5.95 Å². The van der Waals surface area contributed by atoms with Crippen LogP contribution in [0.1, 0.15) is 65.6 Å². The van der Waals surface area contributed by atoms with Gasteiger partial charge in [0, 0.05) is 38.3 Å². The van der Waals surface area contributed by atoms with E-state index >= 15 is 0 Å². The van der Waals surface area contributed by atoms with Crippen molar-refractivity contribution in [1.29, 1.82) is 0 Å². The number of anilines is 1. The van der Waals surface area contributed by atoms with Gasteiger partial charge in [0.2, 0.25) is 0 Å². The van der Waals surface area contributed by atoms with E-state index in [0.29, 0.717) is 43.2 Å². The highest BCUT2D eigenvalue weighted by molar-refractivity contribution is 5.42. The van der Waals surface area contributed by atoms with Gasteiger partial charge < -0.3 is 9.80 Å². The van der Waals surface area contributed by atoms with Gasteiger partial charge in [-0.15, -0.1) is 5.10 Å². The molecule has 1 aliphatic rings. The summed E-state index contributed by atoms with van der Waals surface area (Å²) in [6, 6.07) is 4.61. The van der Waals surface area contributed by atoms with Gasteiger partial charge in [-0.3, -0.25) is 4.90 Å². The van der Waals surface area contributed by atoms with Crippen LogP contribution in [0.2, 0.25) is 0 Å². The Labute approximate surface area is 254 Å². The molecule has 1 aliphatic heterocycles. The third-order valence-electron chi connectivity index (χ3n) is 8.05. The lowest BCUT2D eigenvalue weighted by Crippen LogP contribution is -2.43. The minimum Gasteiger partial charge on any atom is -0.330 e. The zero-order valence-electron chi connectivity index (χ0n) is 25.1. The van der Waals surface area contributed by atoms with E-state index in [9.17, 15) is 39.5 Å². The van der Waals surface area contributed by atoms with E-state index in [0.717, 1.165) is 29.8 Å². The van der Waals surface area contributed by atoms with E-state index in [4.69, 9.17) is 0 Å². The average Bonchev–Trinajstić information content (AvgIpc) is 3.38. The fraction of sp³-hybridized carbons (Fsp3) is 0.552. The summed E-state index contributed by atoms with van der Waals surface area (Å²) in [6.07, 6.45) is -12.6. The second kappa shape index (κ2) is 13.1. The van der Waals surface area contributed by atoms with E-state index in [2.05, 4.69) is 25.2 Å². The molecule has 0 amide bonds. The highest BCUT2D eigenvalue weighted by Crippen LogP contribution is 2.39. The molecule has 0 aliphatic carbocycles. The van der Waals surface area contributed by atoms with Crippen molar-refractivity contribution in [3.05, 3.63) is 69.8 Å². The van der Waals surface area contributed by atoms with Crippen molar-refractivity contribution in [3.63, 3.8) is 0 Å². The molecule has 1 unspecified atom stereocenters. The van der Waals surface area contributed by atoms with Crippen LogP contribution in [-0.2, 0) is 38.7 Å². The Morgan fingerprint density at radius 2 is 1.40 bits per heavy atom. The predicted molar refractivity (Wildman–Crippen MR) is 148 cm³/mol. The predicted octanol–water partition coefficient (Wildman–Crippen LogP) is 6.95. The van der Waals surface area contributed by atoms with E-state index in [1.807, 2.05) is 21.0 Å². The summed E-state index contributed by atoms with van der Waals surface area (Å²) in [7, 11) is 5.38. The highest BCUT2D eigenvalue weighted by atomic mass is 19.4. The van der Waals surface area contributed by atoms with Gasteiger partial charge in [0.05, 0.1) is 23.7 Å². The van der Waals surface area contributed by atoms with Crippen molar-refractivity contribution in [3.8, 4) is 0 Å². The molecule has 45 heavy (non-hydrogen) atoms. The second-order valence-electron chi connectivity index (χ2n) is 11.4.